The summed E-state index contributed by atoms with van der Waals surface area (Å²) >= 11 is 0. The molecule has 4 rings (SSSR count). The first-order valence-electron chi connectivity index (χ1n) is 8.06. The van der Waals surface area contributed by atoms with Gasteiger partial charge in [0.1, 0.15) is 5.75 Å². The Morgan fingerprint density at radius 1 is 0.963 bits per heavy atom. The zero-order valence-corrected chi connectivity index (χ0v) is 14.1. The van der Waals surface area contributed by atoms with Gasteiger partial charge in [-0.1, -0.05) is 12.1 Å². The standard InChI is InChI=1S/C20H13F3N2O2/c1-12-25-11-18(26-12)13-2-3-14-9-24-10-19(17(14)8-13)27-16-6-4-15(5-7-16)20(21,22)23/h2-11H,1H3. The maximum absolute atomic E-state index is 12.7. The van der Waals surface area contributed by atoms with Crippen molar-refractivity contribution in [3.63, 3.8) is 0 Å². The van der Waals surface area contributed by atoms with Gasteiger partial charge in [0.15, 0.2) is 17.4 Å². The number of hydrogen-bond donors (Lipinski definition) is 0. The van der Waals surface area contributed by atoms with Gasteiger partial charge in [0.2, 0.25) is 0 Å². The highest BCUT2D eigenvalue weighted by atomic mass is 19.4. The van der Waals surface area contributed by atoms with Crippen molar-refractivity contribution in [1.82, 2.24) is 9.97 Å². The Morgan fingerprint density at radius 2 is 1.74 bits per heavy atom. The van der Waals surface area contributed by atoms with Gasteiger partial charge in [-0.05, 0) is 30.3 Å². The van der Waals surface area contributed by atoms with E-state index >= 15 is 0 Å². The summed E-state index contributed by atoms with van der Waals surface area (Å²) in [5.41, 5.74) is 0.0837. The number of fused-ring (bicyclic) bond motifs is 1. The molecule has 0 aliphatic rings. The summed E-state index contributed by atoms with van der Waals surface area (Å²) in [4.78, 5) is 8.22. The Kier molecular flexibility index (Phi) is 4.07. The van der Waals surface area contributed by atoms with Crippen molar-refractivity contribution < 1.29 is 22.3 Å². The van der Waals surface area contributed by atoms with E-state index in [9.17, 15) is 13.2 Å². The van der Waals surface area contributed by atoms with Gasteiger partial charge in [-0.3, -0.25) is 4.98 Å². The molecule has 136 valence electrons. The van der Waals surface area contributed by atoms with Crippen molar-refractivity contribution in [2.24, 2.45) is 0 Å². The van der Waals surface area contributed by atoms with Crippen LogP contribution >= 0.6 is 0 Å². The van der Waals surface area contributed by atoms with Crippen molar-refractivity contribution in [3.05, 3.63) is 72.5 Å². The first-order valence-corrected chi connectivity index (χ1v) is 8.06. The van der Waals surface area contributed by atoms with Gasteiger partial charge in [0.25, 0.3) is 0 Å². The minimum absolute atomic E-state index is 0.290. The van der Waals surface area contributed by atoms with E-state index in [-0.39, 0.29) is 0 Å². The maximum atomic E-state index is 12.7. The Balaban J connectivity index is 1.71. The molecular formula is C20H13F3N2O2. The van der Waals surface area contributed by atoms with Crippen LogP contribution in [-0.2, 0) is 6.18 Å². The van der Waals surface area contributed by atoms with Crippen molar-refractivity contribution >= 4 is 10.8 Å². The van der Waals surface area contributed by atoms with E-state index in [1.165, 1.54) is 18.3 Å². The van der Waals surface area contributed by atoms with Crippen LogP contribution in [0.1, 0.15) is 11.5 Å². The number of alkyl halides is 3. The lowest BCUT2D eigenvalue weighted by Gasteiger charge is -2.11. The van der Waals surface area contributed by atoms with Crippen LogP contribution in [0.4, 0.5) is 13.2 Å². The summed E-state index contributed by atoms with van der Waals surface area (Å²) in [6.07, 6.45) is 0.456. The van der Waals surface area contributed by atoms with E-state index < -0.39 is 11.7 Å². The number of rotatable bonds is 3. The van der Waals surface area contributed by atoms with Gasteiger partial charge in [0, 0.05) is 29.5 Å². The lowest BCUT2D eigenvalue weighted by molar-refractivity contribution is -0.137. The minimum atomic E-state index is -4.39. The summed E-state index contributed by atoms with van der Waals surface area (Å²) < 4.78 is 49.4. The summed E-state index contributed by atoms with van der Waals surface area (Å²) in [6.45, 7) is 1.76. The van der Waals surface area contributed by atoms with E-state index in [1.807, 2.05) is 18.2 Å². The molecule has 0 aliphatic carbocycles. The Labute approximate surface area is 152 Å². The SMILES string of the molecule is Cc1ncc(-c2ccc3cncc(Oc4ccc(C(F)(F)F)cc4)c3c2)o1. The fourth-order valence-corrected chi connectivity index (χ4v) is 2.71. The molecule has 0 atom stereocenters. The van der Waals surface area contributed by atoms with Crippen LogP contribution in [-0.4, -0.2) is 9.97 Å². The number of pyridine rings is 1. The van der Waals surface area contributed by atoms with E-state index in [1.54, 1.807) is 19.3 Å². The van der Waals surface area contributed by atoms with E-state index in [0.29, 0.717) is 23.1 Å². The van der Waals surface area contributed by atoms with Crippen LogP contribution < -0.4 is 4.74 Å². The van der Waals surface area contributed by atoms with Gasteiger partial charge in [-0.15, -0.1) is 0 Å². The molecule has 0 radical (unpaired) electrons. The third-order valence-corrected chi connectivity index (χ3v) is 4.04. The molecule has 0 fully saturated rings. The Hall–Kier alpha value is -3.35. The number of halogens is 3. The zero-order valence-electron chi connectivity index (χ0n) is 14.1. The topological polar surface area (TPSA) is 48.2 Å². The number of aryl methyl sites for hydroxylation is 1. The second-order valence-electron chi connectivity index (χ2n) is 5.94. The first kappa shape index (κ1) is 17.1. The molecule has 0 bridgehead atoms. The summed E-state index contributed by atoms with van der Waals surface area (Å²) in [5, 5.41) is 1.59. The van der Waals surface area contributed by atoms with Crippen LogP contribution in [0.3, 0.4) is 0 Å². The molecule has 2 aromatic carbocycles. The van der Waals surface area contributed by atoms with Gasteiger partial charge in [-0.2, -0.15) is 13.2 Å². The van der Waals surface area contributed by atoms with Crippen molar-refractivity contribution in [2.45, 2.75) is 13.1 Å². The number of nitrogens with zero attached hydrogens (tertiary/aromatic N) is 2. The Bertz CT molecular complexity index is 1100. The first-order chi connectivity index (χ1) is 12.9. The number of benzene rings is 2. The highest BCUT2D eigenvalue weighted by Gasteiger charge is 2.30. The van der Waals surface area contributed by atoms with Gasteiger partial charge in [0.05, 0.1) is 18.0 Å². The van der Waals surface area contributed by atoms with Gasteiger partial charge >= 0.3 is 6.18 Å². The number of hydrogen-bond acceptors (Lipinski definition) is 4. The Morgan fingerprint density at radius 3 is 2.41 bits per heavy atom. The predicted octanol–water partition coefficient (Wildman–Crippen LogP) is 6.01. The molecule has 4 aromatic rings. The smallest absolute Gasteiger partial charge is 0.416 e. The predicted molar refractivity (Wildman–Crippen MR) is 93.5 cm³/mol. The van der Waals surface area contributed by atoms with Crippen molar-refractivity contribution in [2.75, 3.05) is 0 Å². The van der Waals surface area contributed by atoms with E-state index in [0.717, 1.165) is 28.5 Å². The highest BCUT2D eigenvalue weighted by Crippen LogP contribution is 2.34. The second kappa shape index (κ2) is 6.42. The summed E-state index contributed by atoms with van der Waals surface area (Å²) in [6, 6.07) is 10.2. The van der Waals surface area contributed by atoms with Crippen LogP contribution in [0.2, 0.25) is 0 Å². The molecule has 0 unspecified atom stereocenters. The molecule has 2 aromatic heterocycles. The summed E-state index contributed by atoms with van der Waals surface area (Å²) in [7, 11) is 0. The number of aromatic nitrogens is 2. The monoisotopic (exact) mass is 370 g/mol. The van der Waals surface area contributed by atoms with Crippen molar-refractivity contribution in [3.8, 4) is 22.8 Å². The van der Waals surface area contributed by atoms with Crippen LogP contribution in [0.5, 0.6) is 11.5 Å². The molecular weight excluding hydrogens is 357 g/mol. The zero-order chi connectivity index (χ0) is 19.0. The largest absolute Gasteiger partial charge is 0.455 e. The third kappa shape index (κ3) is 3.48. The quantitative estimate of drug-likeness (QED) is 0.443. The van der Waals surface area contributed by atoms with E-state index in [4.69, 9.17) is 9.15 Å². The molecule has 0 saturated heterocycles. The maximum Gasteiger partial charge on any atom is 0.416 e. The fourth-order valence-electron chi connectivity index (χ4n) is 2.71. The minimum Gasteiger partial charge on any atom is -0.455 e. The van der Waals surface area contributed by atoms with Gasteiger partial charge in [-0.25, -0.2) is 4.98 Å². The molecule has 0 saturated carbocycles. The third-order valence-electron chi connectivity index (χ3n) is 4.04. The molecule has 27 heavy (non-hydrogen) atoms. The average molecular weight is 370 g/mol. The van der Waals surface area contributed by atoms with Crippen LogP contribution in [0.15, 0.2) is 65.5 Å². The number of oxazole rings is 1. The highest BCUT2D eigenvalue weighted by molar-refractivity contribution is 5.90. The van der Waals surface area contributed by atoms with Crippen LogP contribution in [0.25, 0.3) is 22.1 Å². The lowest BCUT2D eigenvalue weighted by atomic mass is 10.1. The molecule has 0 N–H and O–H groups in total. The molecule has 0 spiro atoms. The van der Waals surface area contributed by atoms with Crippen molar-refractivity contribution in [1.29, 1.82) is 0 Å². The second-order valence-corrected chi connectivity index (χ2v) is 5.94. The van der Waals surface area contributed by atoms with E-state index in [2.05, 4.69) is 9.97 Å². The van der Waals surface area contributed by atoms with Gasteiger partial charge < -0.3 is 9.15 Å². The molecule has 4 nitrogen and oxygen atoms in total. The normalized spacial score (nSPS) is 11.7. The average Bonchev–Trinajstić information content (AvgIpc) is 3.08. The summed E-state index contributed by atoms with van der Waals surface area (Å²) in [5.74, 6) is 1.90. The van der Waals surface area contributed by atoms with Crippen LogP contribution in [0, 0.1) is 6.92 Å². The molecule has 0 amide bonds. The molecule has 7 heteroatoms. The lowest BCUT2D eigenvalue weighted by Crippen LogP contribution is -2.04. The fraction of sp³-hybridized carbons (Fsp3) is 0.100. The number of ether oxygens (including phenoxy) is 1. The molecule has 2 heterocycles. The molecule has 0 aliphatic heterocycles.